The Balaban J connectivity index is 1.22. The number of carboxylic acids is 1. The second-order valence-electron chi connectivity index (χ2n) is 13.3. The lowest BCUT2D eigenvalue weighted by Crippen LogP contribution is -2.12. The van der Waals surface area contributed by atoms with E-state index in [9.17, 15) is 14.7 Å². The Morgan fingerprint density at radius 1 is 0.766 bits per heavy atom. The second kappa shape index (κ2) is 23.6. The van der Waals surface area contributed by atoms with Crippen LogP contribution in [0.1, 0.15) is 132 Å². The van der Waals surface area contributed by atoms with Gasteiger partial charge in [-0.25, -0.2) is 9.97 Å². The van der Waals surface area contributed by atoms with E-state index in [-0.39, 0.29) is 18.1 Å². The molecule has 2 aromatic heterocycles. The predicted molar refractivity (Wildman–Crippen MR) is 184 cm³/mol. The van der Waals surface area contributed by atoms with E-state index in [1.165, 1.54) is 36.2 Å². The van der Waals surface area contributed by atoms with Crippen molar-refractivity contribution in [2.24, 2.45) is 5.92 Å². The van der Waals surface area contributed by atoms with E-state index < -0.39 is 5.97 Å². The van der Waals surface area contributed by atoms with Crippen molar-refractivity contribution >= 4 is 11.8 Å². The van der Waals surface area contributed by atoms with Gasteiger partial charge in [0.25, 0.3) is 0 Å². The van der Waals surface area contributed by atoms with Crippen LogP contribution in [0.4, 0.5) is 0 Å². The van der Waals surface area contributed by atoms with Gasteiger partial charge in [0, 0.05) is 49.7 Å². The summed E-state index contributed by atoms with van der Waals surface area (Å²) in [4.78, 5) is 37.7. The standard InChI is InChI=1S/C38H59N3O6/c1-30(2)19-21-45-23-25-47-26-24-46-22-20-35(42)14-8-10-16-37-39-28-33(29-40-37)32(27-38(43)44)12-5-3-4-6-13-34-18-17-31-11-7-9-15-36(31)41-34/h17-18,28-30,32H,3-16,19-27H2,1-2H3,(H,43,44)/t32-/m0/s1. The molecule has 0 aliphatic heterocycles. The van der Waals surface area contributed by atoms with E-state index in [0.717, 1.165) is 82.2 Å². The minimum Gasteiger partial charge on any atom is -0.481 e. The van der Waals surface area contributed by atoms with Crippen molar-refractivity contribution in [1.82, 2.24) is 15.0 Å². The zero-order valence-electron chi connectivity index (χ0n) is 29.1. The van der Waals surface area contributed by atoms with Crippen molar-refractivity contribution in [2.75, 3.05) is 39.6 Å². The van der Waals surface area contributed by atoms with Gasteiger partial charge in [0.15, 0.2) is 0 Å². The first-order valence-electron chi connectivity index (χ1n) is 18.2. The van der Waals surface area contributed by atoms with Crippen molar-refractivity contribution in [3.63, 3.8) is 0 Å². The van der Waals surface area contributed by atoms with Crippen LogP contribution in [0, 0.1) is 5.92 Å². The summed E-state index contributed by atoms with van der Waals surface area (Å²) < 4.78 is 16.5. The zero-order chi connectivity index (χ0) is 33.5. The molecule has 9 nitrogen and oxygen atoms in total. The molecule has 0 saturated carbocycles. The highest BCUT2D eigenvalue weighted by Gasteiger charge is 2.17. The van der Waals surface area contributed by atoms with Gasteiger partial charge in [-0.1, -0.05) is 39.2 Å². The summed E-state index contributed by atoms with van der Waals surface area (Å²) in [6.07, 6.45) is 18.9. The Morgan fingerprint density at radius 2 is 1.45 bits per heavy atom. The number of aryl methyl sites for hydroxylation is 4. The average Bonchev–Trinajstić information content (AvgIpc) is 3.06. The number of ketones is 1. The minimum absolute atomic E-state index is 0.0798. The molecule has 1 aliphatic rings. The third-order valence-corrected chi connectivity index (χ3v) is 8.80. The van der Waals surface area contributed by atoms with E-state index in [0.29, 0.717) is 58.2 Å². The fourth-order valence-electron chi connectivity index (χ4n) is 5.90. The highest BCUT2D eigenvalue weighted by Crippen LogP contribution is 2.26. The summed E-state index contributed by atoms with van der Waals surface area (Å²) in [7, 11) is 0. The molecule has 2 aromatic rings. The van der Waals surface area contributed by atoms with Gasteiger partial charge >= 0.3 is 5.97 Å². The largest absolute Gasteiger partial charge is 0.481 e. The van der Waals surface area contributed by atoms with Crippen molar-refractivity contribution in [3.8, 4) is 0 Å². The predicted octanol–water partition coefficient (Wildman–Crippen LogP) is 7.27. The number of rotatable bonds is 27. The number of pyridine rings is 1. The molecule has 0 spiro atoms. The molecular formula is C38H59N3O6. The molecular weight excluding hydrogens is 594 g/mol. The molecule has 1 aliphatic carbocycles. The number of Topliss-reactive ketones (excluding diaryl/α,β-unsaturated/α-hetero) is 1. The number of fused-ring (bicyclic) bond motifs is 1. The van der Waals surface area contributed by atoms with Gasteiger partial charge in [-0.3, -0.25) is 14.6 Å². The number of unbranched alkanes of at least 4 members (excludes halogenated alkanes) is 4. The maximum Gasteiger partial charge on any atom is 0.303 e. The number of nitrogens with zero attached hydrogens (tertiary/aromatic N) is 3. The van der Waals surface area contributed by atoms with Gasteiger partial charge in [-0.15, -0.1) is 0 Å². The molecule has 0 unspecified atom stereocenters. The Bertz CT molecular complexity index is 1160. The SMILES string of the molecule is CC(C)CCOCCOCCOCCC(=O)CCCCc1ncc([C@@H](CCCCCCc2ccc3c(n2)CCCC3)CC(=O)O)cn1. The Labute approximate surface area is 282 Å². The summed E-state index contributed by atoms with van der Waals surface area (Å²) >= 11 is 0. The molecule has 0 aromatic carbocycles. The van der Waals surface area contributed by atoms with Crippen LogP contribution in [-0.4, -0.2) is 71.5 Å². The first-order valence-corrected chi connectivity index (χ1v) is 18.2. The normalized spacial score (nSPS) is 13.5. The van der Waals surface area contributed by atoms with Crippen molar-refractivity contribution in [3.05, 3.63) is 52.9 Å². The number of aromatic nitrogens is 3. The van der Waals surface area contributed by atoms with Crippen LogP contribution >= 0.6 is 0 Å². The van der Waals surface area contributed by atoms with Crippen molar-refractivity contribution in [2.45, 2.75) is 129 Å². The lowest BCUT2D eigenvalue weighted by atomic mass is 9.92. The molecule has 0 radical (unpaired) electrons. The van der Waals surface area contributed by atoms with Crippen LogP contribution in [-0.2, 0) is 49.5 Å². The highest BCUT2D eigenvalue weighted by atomic mass is 16.5. The molecule has 3 rings (SSSR count). The van der Waals surface area contributed by atoms with Crippen molar-refractivity contribution < 1.29 is 28.9 Å². The third-order valence-electron chi connectivity index (χ3n) is 8.80. The number of carbonyl (C=O) groups is 2. The fraction of sp³-hybridized carbons (Fsp3) is 0.711. The summed E-state index contributed by atoms with van der Waals surface area (Å²) in [5.41, 5.74) is 4.83. The van der Waals surface area contributed by atoms with Gasteiger partial charge in [0.05, 0.1) is 39.5 Å². The van der Waals surface area contributed by atoms with Crippen LogP contribution in [0.3, 0.4) is 0 Å². The van der Waals surface area contributed by atoms with Crippen LogP contribution in [0.5, 0.6) is 0 Å². The summed E-state index contributed by atoms with van der Waals surface area (Å²) in [5, 5.41) is 9.49. The smallest absolute Gasteiger partial charge is 0.303 e. The van der Waals surface area contributed by atoms with E-state index in [2.05, 4.69) is 35.9 Å². The van der Waals surface area contributed by atoms with Gasteiger partial charge in [-0.2, -0.15) is 0 Å². The summed E-state index contributed by atoms with van der Waals surface area (Å²) in [6, 6.07) is 4.47. The first-order chi connectivity index (χ1) is 22.9. The Hall–Kier alpha value is -2.75. The van der Waals surface area contributed by atoms with Gasteiger partial charge in [-0.05, 0) is 93.2 Å². The maximum atomic E-state index is 12.2. The first kappa shape index (κ1) is 38.7. The molecule has 1 atom stereocenters. The maximum absolute atomic E-state index is 12.2. The number of aliphatic carboxylic acids is 1. The van der Waals surface area contributed by atoms with Crippen molar-refractivity contribution in [1.29, 1.82) is 0 Å². The quantitative estimate of drug-likeness (QED) is 0.0993. The summed E-state index contributed by atoms with van der Waals surface area (Å²) in [6.45, 7) is 7.69. The second-order valence-corrected chi connectivity index (χ2v) is 13.3. The van der Waals surface area contributed by atoms with Crippen LogP contribution in [0.15, 0.2) is 24.5 Å². The highest BCUT2D eigenvalue weighted by molar-refractivity contribution is 5.78. The van der Waals surface area contributed by atoms with E-state index >= 15 is 0 Å². The number of carbonyl (C=O) groups excluding carboxylic acids is 1. The third kappa shape index (κ3) is 17.3. The average molecular weight is 654 g/mol. The molecule has 262 valence electrons. The topological polar surface area (TPSA) is 121 Å². The van der Waals surface area contributed by atoms with Gasteiger partial charge < -0.3 is 19.3 Å². The number of hydrogen-bond donors (Lipinski definition) is 1. The monoisotopic (exact) mass is 653 g/mol. The molecule has 2 heterocycles. The molecule has 0 saturated heterocycles. The minimum atomic E-state index is -0.793. The molecule has 1 N–H and O–H groups in total. The van der Waals surface area contributed by atoms with E-state index in [1.54, 1.807) is 12.4 Å². The number of hydrogen-bond acceptors (Lipinski definition) is 8. The lowest BCUT2D eigenvalue weighted by Gasteiger charge is -2.16. The molecule has 47 heavy (non-hydrogen) atoms. The van der Waals surface area contributed by atoms with Crippen LogP contribution in [0.25, 0.3) is 0 Å². The zero-order valence-corrected chi connectivity index (χ0v) is 29.1. The number of carboxylic acid groups (broad SMARTS) is 1. The molecule has 9 heteroatoms. The molecule has 0 amide bonds. The summed E-state index contributed by atoms with van der Waals surface area (Å²) in [5.74, 6) is 0.713. The lowest BCUT2D eigenvalue weighted by molar-refractivity contribution is -0.137. The van der Waals surface area contributed by atoms with E-state index in [4.69, 9.17) is 19.2 Å². The fourth-order valence-corrected chi connectivity index (χ4v) is 5.90. The van der Waals surface area contributed by atoms with Gasteiger partial charge in [0.2, 0.25) is 0 Å². The molecule has 0 fully saturated rings. The molecule has 0 bridgehead atoms. The van der Waals surface area contributed by atoms with Crippen LogP contribution in [0.2, 0.25) is 0 Å². The van der Waals surface area contributed by atoms with E-state index in [1.807, 2.05) is 0 Å². The number of ether oxygens (including phenoxy) is 3. The Morgan fingerprint density at radius 3 is 2.19 bits per heavy atom. The van der Waals surface area contributed by atoms with Gasteiger partial charge in [0.1, 0.15) is 11.6 Å². The Kier molecular flexibility index (Phi) is 19.4. The van der Waals surface area contributed by atoms with Crippen LogP contribution < -0.4 is 0 Å².